The van der Waals surface area contributed by atoms with Gasteiger partial charge in [-0.3, -0.25) is 9.78 Å². The van der Waals surface area contributed by atoms with E-state index >= 15 is 0 Å². The van der Waals surface area contributed by atoms with Crippen molar-refractivity contribution in [1.29, 1.82) is 0 Å². The smallest absolute Gasteiger partial charge is 0.255 e. The lowest BCUT2D eigenvalue weighted by atomic mass is 10.1. The molecule has 0 aliphatic heterocycles. The summed E-state index contributed by atoms with van der Waals surface area (Å²) in [5.41, 5.74) is 8.35. The number of nitrogens with one attached hydrogen (secondary N) is 3. The minimum absolute atomic E-state index is 0.0614. The van der Waals surface area contributed by atoms with Crippen LogP contribution in [0.4, 0.5) is 17.2 Å². The maximum Gasteiger partial charge on any atom is 0.255 e. The van der Waals surface area contributed by atoms with E-state index in [4.69, 9.17) is 5.90 Å². The summed E-state index contributed by atoms with van der Waals surface area (Å²) in [4.78, 5) is 26.0. The zero-order chi connectivity index (χ0) is 23.9. The first kappa shape index (κ1) is 22.9. The van der Waals surface area contributed by atoms with Gasteiger partial charge in [0.25, 0.3) is 5.91 Å². The molecule has 0 aliphatic carbocycles. The van der Waals surface area contributed by atoms with E-state index in [2.05, 4.69) is 31.0 Å². The molecule has 34 heavy (non-hydrogen) atoms. The van der Waals surface area contributed by atoms with Crippen LogP contribution in [0.25, 0.3) is 11.3 Å². The van der Waals surface area contributed by atoms with Gasteiger partial charge >= 0.3 is 0 Å². The molecule has 1 unspecified atom stereocenters. The third kappa shape index (κ3) is 5.74. The molecular weight excluding hydrogens is 428 g/mol. The van der Waals surface area contributed by atoms with E-state index in [0.717, 1.165) is 33.8 Å². The van der Waals surface area contributed by atoms with Crippen LogP contribution in [0.3, 0.4) is 0 Å². The molecule has 4 rings (SSSR count). The van der Waals surface area contributed by atoms with Crippen molar-refractivity contribution < 1.29 is 9.73 Å². The van der Waals surface area contributed by atoms with Crippen LogP contribution in [0.2, 0.25) is 0 Å². The summed E-state index contributed by atoms with van der Waals surface area (Å²) in [5.74, 6) is 5.53. The van der Waals surface area contributed by atoms with Gasteiger partial charge in [-0.1, -0.05) is 42.0 Å². The Kier molecular flexibility index (Phi) is 7.12. The Morgan fingerprint density at radius 2 is 1.76 bits per heavy atom. The molecule has 0 bridgehead atoms. The zero-order valence-corrected chi connectivity index (χ0v) is 18.9. The van der Waals surface area contributed by atoms with Crippen molar-refractivity contribution in [3.8, 4) is 11.3 Å². The van der Waals surface area contributed by atoms with Gasteiger partial charge in [-0.25, -0.2) is 10.5 Å². The second kappa shape index (κ2) is 10.6. The number of carbonyl (C=O) groups is 1. The summed E-state index contributed by atoms with van der Waals surface area (Å²) >= 11 is 0. The number of aromatic nitrogens is 2. The molecular formula is C26H26N6O2. The number of anilines is 3. The fourth-order valence-electron chi connectivity index (χ4n) is 3.53. The normalized spacial score (nSPS) is 11.5. The number of benzene rings is 3. The molecule has 0 spiro atoms. The molecule has 8 nitrogen and oxygen atoms in total. The highest BCUT2D eigenvalue weighted by molar-refractivity contribution is 6.04. The molecule has 1 amide bonds. The molecule has 172 valence electrons. The molecule has 3 aromatic carbocycles. The second-order valence-electron chi connectivity index (χ2n) is 7.90. The van der Waals surface area contributed by atoms with E-state index in [-0.39, 0.29) is 11.9 Å². The fraction of sp³-hybridized carbons (Fsp3) is 0.115. The highest BCUT2D eigenvalue weighted by Gasteiger charge is 2.11. The SMILES string of the molecule is Cc1cccc(C(=O)Nc2cccc(C(C)Nc3cncc(-c4ccc(NON)cc4)n3)c2)c1. The molecule has 4 aromatic rings. The monoisotopic (exact) mass is 454 g/mol. The van der Waals surface area contributed by atoms with Gasteiger partial charge in [0.15, 0.2) is 0 Å². The Morgan fingerprint density at radius 1 is 0.971 bits per heavy atom. The molecule has 0 aliphatic rings. The standard InChI is InChI=1S/C26H26N6O2/c1-17-5-3-7-21(13-17)26(33)30-23-8-4-6-20(14-23)18(2)29-25-16-28-15-24(31-25)19-9-11-22(12-10-19)32-34-27/h3-16,18,32H,27H2,1-2H3,(H,29,31)(H,30,33). The van der Waals surface area contributed by atoms with Crippen LogP contribution in [-0.2, 0) is 4.94 Å². The Labute approximate surface area is 198 Å². The van der Waals surface area contributed by atoms with Crippen molar-refractivity contribution in [3.05, 3.63) is 102 Å². The highest BCUT2D eigenvalue weighted by Crippen LogP contribution is 2.24. The van der Waals surface area contributed by atoms with Gasteiger partial charge in [0.2, 0.25) is 0 Å². The molecule has 0 radical (unpaired) electrons. The van der Waals surface area contributed by atoms with E-state index in [0.29, 0.717) is 11.4 Å². The van der Waals surface area contributed by atoms with Crippen molar-refractivity contribution in [3.63, 3.8) is 0 Å². The third-order valence-electron chi connectivity index (χ3n) is 5.28. The summed E-state index contributed by atoms with van der Waals surface area (Å²) in [5, 5.41) is 6.36. The highest BCUT2D eigenvalue weighted by atomic mass is 16.8. The number of rotatable bonds is 8. The minimum Gasteiger partial charge on any atom is -0.362 e. The van der Waals surface area contributed by atoms with E-state index in [9.17, 15) is 4.79 Å². The van der Waals surface area contributed by atoms with Crippen molar-refractivity contribution in [2.24, 2.45) is 5.90 Å². The van der Waals surface area contributed by atoms with Crippen molar-refractivity contribution in [2.45, 2.75) is 19.9 Å². The number of nitrogens with two attached hydrogens (primary N) is 1. The van der Waals surface area contributed by atoms with Gasteiger partial charge in [0, 0.05) is 16.8 Å². The molecule has 5 N–H and O–H groups in total. The van der Waals surface area contributed by atoms with E-state index < -0.39 is 0 Å². The Balaban J connectivity index is 1.45. The average Bonchev–Trinajstić information content (AvgIpc) is 2.85. The lowest BCUT2D eigenvalue weighted by Crippen LogP contribution is -2.13. The summed E-state index contributed by atoms with van der Waals surface area (Å²) in [6.07, 6.45) is 3.39. The minimum atomic E-state index is -0.140. The Bertz CT molecular complexity index is 1280. The number of carbonyl (C=O) groups excluding carboxylic acids is 1. The van der Waals surface area contributed by atoms with Gasteiger partial charge < -0.3 is 10.6 Å². The first-order chi connectivity index (χ1) is 16.5. The van der Waals surface area contributed by atoms with Gasteiger partial charge in [-0.2, -0.15) is 10.8 Å². The van der Waals surface area contributed by atoms with Crippen molar-refractivity contribution in [1.82, 2.24) is 9.97 Å². The molecule has 8 heteroatoms. The molecule has 1 heterocycles. The molecule has 1 aromatic heterocycles. The summed E-state index contributed by atoms with van der Waals surface area (Å²) < 4.78 is 0. The average molecular weight is 455 g/mol. The lowest BCUT2D eigenvalue weighted by molar-refractivity contribution is 0.102. The molecule has 0 saturated carbocycles. The molecule has 1 atom stereocenters. The van der Waals surface area contributed by atoms with Crippen LogP contribution in [-0.4, -0.2) is 15.9 Å². The largest absolute Gasteiger partial charge is 0.362 e. The van der Waals surface area contributed by atoms with Gasteiger partial charge in [-0.15, -0.1) is 0 Å². The summed E-state index contributed by atoms with van der Waals surface area (Å²) in [7, 11) is 0. The first-order valence-electron chi connectivity index (χ1n) is 10.8. The van der Waals surface area contributed by atoms with Crippen molar-refractivity contribution >= 4 is 23.1 Å². The maximum absolute atomic E-state index is 12.6. The van der Waals surface area contributed by atoms with Crippen molar-refractivity contribution in [2.75, 3.05) is 16.1 Å². The third-order valence-corrected chi connectivity index (χ3v) is 5.28. The number of amides is 1. The maximum atomic E-state index is 12.6. The quantitative estimate of drug-likeness (QED) is 0.274. The van der Waals surface area contributed by atoms with Gasteiger partial charge in [0.05, 0.1) is 29.8 Å². The summed E-state index contributed by atoms with van der Waals surface area (Å²) in [6.45, 7) is 3.99. The van der Waals surface area contributed by atoms with Crippen LogP contribution in [0, 0.1) is 6.92 Å². The van der Waals surface area contributed by atoms with Crippen LogP contribution in [0.5, 0.6) is 0 Å². The lowest BCUT2D eigenvalue weighted by Gasteiger charge is -2.16. The van der Waals surface area contributed by atoms with Crippen LogP contribution < -0.4 is 22.0 Å². The van der Waals surface area contributed by atoms with Gasteiger partial charge in [0.1, 0.15) is 5.82 Å². The number of hydrogen-bond donors (Lipinski definition) is 4. The van der Waals surface area contributed by atoms with E-state index in [1.54, 1.807) is 18.5 Å². The molecule has 0 fully saturated rings. The fourth-order valence-corrected chi connectivity index (χ4v) is 3.53. The Morgan fingerprint density at radius 3 is 2.53 bits per heavy atom. The zero-order valence-electron chi connectivity index (χ0n) is 18.9. The first-order valence-corrected chi connectivity index (χ1v) is 10.8. The van der Waals surface area contributed by atoms with E-state index in [1.807, 2.05) is 80.6 Å². The number of hydrogen-bond acceptors (Lipinski definition) is 7. The van der Waals surface area contributed by atoms with E-state index in [1.165, 1.54) is 0 Å². The second-order valence-corrected chi connectivity index (χ2v) is 7.90. The predicted octanol–water partition coefficient (Wildman–Crippen LogP) is 5.09. The van der Waals surface area contributed by atoms with Crippen LogP contribution >= 0.6 is 0 Å². The Hall–Kier alpha value is -4.27. The molecule has 0 saturated heterocycles. The van der Waals surface area contributed by atoms with Crippen LogP contribution in [0.1, 0.15) is 34.5 Å². The summed E-state index contributed by atoms with van der Waals surface area (Å²) in [6, 6.07) is 22.7. The predicted molar refractivity (Wildman–Crippen MR) is 134 cm³/mol. The topological polar surface area (TPSA) is 114 Å². The van der Waals surface area contributed by atoms with Gasteiger partial charge in [-0.05, 0) is 55.8 Å². The number of nitrogens with zero attached hydrogens (tertiary/aromatic N) is 2. The van der Waals surface area contributed by atoms with Crippen LogP contribution in [0.15, 0.2) is 85.2 Å². The number of aryl methyl sites for hydroxylation is 1.